The zero-order valence-electron chi connectivity index (χ0n) is 17.0. The monoisotopic (exact) mass is 451 g/mol. The van der Waals surface area contributed by atoms with E-state index < -0.39 is 5.82 Å². The number of aromatic nitrogens is 2. The van der Waals surface area contributed by atoms with Crippen LogP contribution in [0.4, 0.5) is 4.39 Å². The predicted octanol–water partition coefficient (Wildman–Crippen LogP) is 4.91. The second kappa shape index (κ2) is 7.46. The predicted molar refractivity (Wildman–Crippen MR) is 117 cm³/mol. The van der Waals surface area contributed by atoms with Crippen molar-refractivity contribution in [3.8, 4) is 11.4 Å². The van der Waals surface area contributed by atoms with Gasteiger partial charge in [-0.15, -0.1) is 0 Å². The van der Waals surface area contributed by atoms with Gasteiger partial charge in [-0.3, -0.25) is 14.3 Å². The normalized spacial score (nSPS) is 19.9. The van der Waals surface area contributed by atoms with Crippen molar-refractivity contribution in [3.05, 3.63) is 88.0 Å². The van der Waals surface area contributed by atoms with Gasteiger partial charge in [0.1, 0.15) is 29.5 Å². The Hall–Kier alpha value is -3.16. The van der Waals surface area contributed by atoms with Crippen molar-refractivity contribution in [1.82, 2.24) is 14.0 Å². The minimum absolute atomic E-state index is 0.146. The molecule has 162 valence electrons. The molecule has 8 heteroatoms. The summed E-state index contributed by atoms with van der Waals surface area (Å²) in [6.07, 6.45) is 5.73. The summed E-state index contributed by atoms with van der Waals surface area (Å²) in [5.74, 6) is 1.02. The summed E-state index contributed by atoms with van der Waals surface area (Å²) in [6.45, 7) is 0.146. The molecule has 6 rings (SSSR count). The highest BCUT2D eigenvalue weighted by atomic mass is 35.5. The fourth-order valence-electron chi connectivity index (χ4n) is 4.76. The van der Waals surface area contributed by atoms with Gasteiger partial charge in [0.15, 0.2) is 0 Å². The van der Waals surface area contributed by atoms with Crippen LogP contribution in [0.15, 0.2) is 64.1 Å². The van der Waals surface area contributed by atoms with Crippen molar-refractivity contribution in [1.29, 1.82) is 0 Å². The van der Waals surface area contributed by atoms with E-state index in [-0.39, 0.29) is 18.2 Å². The maximum absolute atomic E-state index is 13.0. The average Bonchev–Trinajstić information content (AvgIpc) is 3.26. The van der Waals surface area contributed by atoms with Crippen molar-refractivity contribution in [2.75, 3.05) is 0 Å². The third-order valence-corrected chi connectivity index (χ3v) is 6.82. The highest BCUT2D eigenvalue weighted by Gasteiger charge is 2.42. The minimum Gasteiger partial charge on any atom is -0.487 e. The maximum atomic E-state index is 13.0. The lowest BCUT2D eigenvalue weighted by molar-refractivity contribution is 0.300. The third kappa shape index (κ3) is 3.20. The molecule has 1 fully saturated rings. The van der Waals surface area contributed by atoms with Crippen LogP contribution in [0.1, 0.15) is 35.9 Å². The van der Waals surface area contributed by atoms with Gasteiger partial charge >= 0.3 is 0 Å². The van der Waals surface area contributed by atoms with Crippen molar-refractivity contribution in [2.24, 2.45) is 0 Å². The molecule has 0 radical (unpaired) electrons. The number of benzene rings is 1. The molecule has 2 aliphatic heterocycles. The number of halogens is 2. The highest BCUT2D eigenvalue weighted by Crippen LogP contribution is 2.48. The summed E-state index contributed by atoms with van der Waals surface area (Å²) < 4.78 is 28.3. The number of pyridine rings is 2. The molecule has 2 atom stereocenters. The number of hydrogen-bond donors (Lipinski definition) is 0. The van der Waals surface area contributed by atoms with E-state index in [1.54, 1.807) is 22.9 Å². The summed E-state index contributed by atoms with van der Waals surface area (Å²) >= 11 is 6.51. The standard InChI is InChI=1S/C24H19ClFN3O3/c25-29-17-4-6-20(29)24-19-5-3-16(9-21(19)32-22(24)10-17)28-8-7-18(11-23(28)30)31-13-15-2-1-14(26)12-27-15/h1-3,5,7-9,11-12,17,20H,4,6,10,13H2. The Morgan fingerprint density at radius 3 is 2.91 bits per heavy atom. The summed E-state index contributed by atoms with van der Waals surface area (Å²) in [5, 5.41) is 1.06. The third-order valence-electron chi connectivity index (χ3n) is 6.31. The van der Waals surface area contributed by atoms with Crippen LogP contribution in [0, 0.1) is 5.82 Å². The first-order valence-electron chi connectivity index (χ1n) is 10.5. The Morgan fingerprint density at radius 1 is 1.19 bits per heavy atom. The maximum Gasteiger partial charge on any atom is 0.258 e. The molecule has 2 aliphatic rings. The molecule has 3 aromatic heterocycles. The van der Waals surface area contributed by atoms with Crippen LogP contribution in [0.5, 0.6) is 5.75 Å². The Bertz CT molecular complexity index is 1380. The molecule has 1 aromatic carbocycles. The molecule has 0 saturated carbocycles. The number of nitrogens with zero attached hydrogens (tertiary/aromatic N) is 3. The first-order chi connectivity index (χ1) is 15.6. The molecular weight excluding hydrogens is 433 g/mol. The van der Waals surface area contributed by atoms with Crippen molar-refractivity contribution >= 4 is 22.7 Å². The van der Waals surface area contributed by atoms with E-state index in [1.807, 2.05) is 22.6 Å². The van der Waals surface area contributed by atoms with Gasteiger partial charge in [-0.1, -0.05) is 0 Å². The molecule has 1 saturated heterocycles. The Kier molecular flexibility index (Phi) is 4.55. The lowest BCUT2D eigenvalue weighted by Crippen LogP contribution is -2.29. The number of furan rings is 1. The lowest BCUT2D eigenvalue weighted by Gasteiger charge is -2.27. The van der Waals surface area contributed by atoms with Crippen LogP contribution >= 0.6 is 11.8 Å². The number of fused-ring (bicyclic) bond motifs is 6. The summed E-state index contributed by atoms with van der Waals surface area (Å²) in [4.78, 5) is 16.7. The van der Waals surface area contributed by atoms with Crippen molar-refractivity contribution in [3.63, 3.8) is 0 Å². The van der Waals surface area contributed by atoms with E-state index >= 15 is 0 Å². The van der Waals surface area contributed by atoms with Gasteiger partial charge in [0.05, 0.1) is 23.6 Å². The first-order valence-corrected chi connectivity index (χ1v) is 10.9. The Morgan fingerprint density at radius 2 is 2.09 bits per heavy atom. The lowest BCUT2D eigenvalue weighted by atomic mass is 9.99. The van der Waals surface area contributed by atoms with E-state index in [0.29, 0.717) is 23.2 Å². The van der Waals surface area contributed by atoms with Gasteiger partial charge in [0.2, 0.25) is 0 Å². The van der Waals surface area contributed by atoms with E-state index in [4.69, 9.17) is 20.9 Å². The second-order valence-electron chi connectivity index (χ2n) is 8.24. The smallest absolute Gasteiger partial charge is 0.258 e. The molecule has 6 nitrogen and oxygen atoms in total. The molecule has 0 amide bonds. The van der Waals surface area contributed by atoms with Gasteiger partial charge < -0.3 is 9.15 Å². The van der Waals surface area contributed by atoms with Crippen LogP contribution < -0.4 is 10.3 Å². The first kappa shape index (κ1) is 19.5. The van der Waals surface area contributed by atoms with Crippen LogP contribution in [-0.4, -0.2) is 20.0 Å². The zero-order chi connectivity index (χ0) is 21.8. The summed E-state index contributed by atoms with van der Waals surface area (Å²) in [5.41, 5.74) is 3.01. The second-order valence-corrected chi connectivity index (χ2v) is 8.63. The molecular formula is C24H19ClFN3O3. The molecule has 2 unspecified atom stereocenters. The minimum atomic E-state index is -0.404. The fourth-order valence-corrected chi connectivity index (χ4v) is 5.12. The fraction of sp³-hybridized carbons (Fsp3) is 0.250. The zero-order valence-corrected chi connectivity index (χ0v) is 17.8. The van der Waals surface area contributed by atoms with Crippen LogP contribution in [0.2, 0.25) is 0 Å². The largest absolute Gasteiger partial charge is 0.487 e. The van der Waals surface area contributed by atoms with Gasteiger partial charge in [-0.05, 0) is 55.0 Å². The highest BCUT2D eigenvalue weighted by molar-refractivity contribution is 6.14. The van der Waals surface area contributed by atoms with E-state index in [0.717, 1.165) is 42.2 Å². The number of rotatable bonds is 4. The molecule has 5 heterocycles. The van der Waals surface area contributed by atoms with E-state index in [9.17, 15) is 9.18 Å². The molecule has 4 aromatic rings. The molecule has 32 heavy (non-hydrogen) atoms. The van der Waals surface area contributed by atoms with E-state index in [2.05, 4.69) is 4.98 Å². The summed E-state index contributed by atoms with van der Waals surface area (Å²) in [6, 6.07) is 12.3. The number of ether oxygens (including phenoxy) is 1. The molecule has 0 spiro atoms. The van der Waals surface area contributed by atoms with Gasteiger partial charge in [-0.2, -0.15) is 0 Å². The van der Waals surface area contributed by atoms with E-state index in [1.165, 1.54) is 17.7 Å². The SMILES string of the molecule is O=c1cc(OCc2ccc(F)cn2)ccn1-c1ccc2c3c(oc2c1)CC1CCC3N1Cl. The molecule has 2 bridgehead atoms. The Balaban J connectivity index is 1.27. The Labute approximate surface area is 187 Å². The number of hydrogen-bond acceptors (Lipinski definition) is 5. The van der Waals surface area contributed by atoms with Crippen LogP contribution in [0.3, 0.4) is 0 Å². The molecule has 0 N–H and O–H groups in total. The van der Waals surface area contributed by atoms with Crippen molar-refractivity contribution < 1.29 is 13.5 Å². The van der Waals surface area contributed by atoms with Gasteiger partial charge in [0, 0.05) is 41.7 Å². The topological polar surface area (TPSA) is 60.5 Å². The van der Waals surface area contributed by atoms with Crippen LogP contribution in [-0.2, 0) is 13.0 Å². The van der Waals surface area contributed by atoms with Crippen molar-refractivity contribution in [2.45, 2.75) is 38.0 Å². The average molecular weight is 452 g/mol. The van der Waals surface area contributed by atoms with Crippen LogP contribution in [0.25, 0.3) is 16.7 Å². The quantitative estimate of drug-likeness (QED) is 0.412. The summed E-state index contributed by atoms with van der Waals surface area (Å²) in [7, 11) is 0. The molecule has 0 aliphatic carbocycles. The van der Waals surface area contributed by atoms with Gasteiger partial charge in [-0.25, -0.2) is 8.81 Å². The van der Waals surface area contributed by atoms with Gasteiger partial charge in [0.25, 0.3) is 5.56 Å².